The minimum absolute atomic E-state index is 0.340. The molecule has 0 radical (unpaired) electrons. The van der Waals surface area contributed by atoms with Gasteiger partial charge in [0.1, 0.15) is 10.6 Å². The van der Waals surface area contributed by atoms with Gasteiger partial charge in [-0.05, 0) is 43.4 Å². The van der Waals surface area contributed by atoms with Crippen LogP contribution in [0.25, 0.3) is 21.3 Å². The van der Waals surface area contributed by atoms with E-state index in [1.807, 2.05) is 6.07 Å². The molecule has 2 aromatic heterocycles. The molecule has 3 heterocycles. The van der Waals surface area contributed by atoms with E-state index < -0.39 is 0 Å². The van der Waals surface area contributed by atoms with E-state index in [9.17, 15) is 0 Å². The zero-order chi connectivity index (χ0) is 15.8. The van der Waals surface area contributed by atoms with Crippen molar-refractivity contribution in [2.24, 2.45) is 0 Å². The maximum Gasteiger partial charge on any atom is 0.225 e. The number of piperidine rings is 1. The molecule has 1 aliphatic heterocycles. The largest absolute Gasteiger partial charge is 0.353 e. The molecule has 0 bridgehead atoms. The molecule has 3 nitrogen and oxygen atoms in total. The Hall–Kier alpha value is -1.65. The maximum atomic E-state index is 6.20. The lowest BCUT2D eigenvalue weighted by Crippen LogP contribution is -2.38. The smallest absolute Gasteiger partial charge is 0.225 e. The van der Waals surface area contributed by atoms with Crippen LogP contribution in [0.4, 0.5) is 5.82 Å². The lowest BCUT2D eigenvalue weighted by Gasteiger charge is -2.35. The van der Waals surface area contributed by atoms with Crippen LogP contribution in [-0.4, -0.2) is 22.6 Å². The quantitative estimate of drug-likeness (QED) is 0.584. The van der Waals surface area contributed by atoms with Gasteiger partial charge in [-0.1, -0.05) is 30.3 Å². The molecule has 0 N–H and O–H groups in total. The number of nitrogens with zero attached hydrogens (tertiary/aromatic N) is 3. The van der Waals surface area contributed by atoms with Crippen LogP contribution in [-0.2, 0) is 0 Å². The summed E-state index contributed by atoms with van der Waals surface area (Å²) in [6.07, 6.45) is 3.70. The van der Waals surface area contributed by atoms with Crippen molar-refractivity contribution in [3.8, 4) is 11.1 Å². The van der Waals surface area contributed by atoms with Crippen molar-refractivity contribution in [1.82, 2.24) is 9.97 Å². The topological polar surface area (TPSA) is 29.0 Å². The fourth-order valence-corrected chi connectivity index (χ4v) is 4.51. The van der Waals surface area contributed by atoms with Gasteiger partial charge in [-0.2, -0.15) is 4.98 Å². The first-order chi connectivity index (χ1) is 11.2. The number of fused-ring (bicyclic) bond motifs is 1. The molecule has 1 atom stereocenters. The average molecular weight is 344 g/mol. The van der Waals surface area contributed by atoms with Gasteiger partial charge in [0.05, 0.1) is 5.39 Å². The molecule has 0 saturated carbocycles. The van der Waals surface area contributed by atoms with Gasteiger partial charge < -0.3 is 4.90 Å². The minimum atomic E-state index is 0.340. The molecule has 1 aromatic carbocycles. The van der Waals surface area contributed by atoms with E-state index in [4.69, 9.17) is 11.6 Å². The van der Waals surface area contributed by atoms with Crippen LogP contribution in [0.2, 0.25) is 5.28 Å². The van der Waals surface area contributed by atoms with E-state index in [0.717, 1.165) is 22.6 Å². The molecule has 5 heteroatoms. The Morgan fingerprint density at radius 3 is 2.78 bits per heavy atom. The molecule has 1 unspecified atom stereocenters. The Balaban J connectivity index is 1.94. The van der Waals surface area contributed by atoms with E-state index in [-0.39, 0.29) is 0 Å². The molecule has 3 aromatic rings. The monoisotopic (exact) mass is 343 g/mol. The van der Waals surface area contributed by atoms with Gasteiger partial charge in [0.25, 0.3) is 0 Å². The van der Waals surface area contributed by atoms with Crippen LogP contribution >= 0.6 is 22.9 Å². The molecule has 1 fully saturated rings. The van der Waals surface area contributed by atoms with Gasteiger partial charge in [-0.15, -0.1) is 11.3 Å². The van der Waals surface area contributed by atoms with E-state index in [0.29, 0.717) is 11.3 Å². The molecule has 1 saturated heterocycles. The Labute approximate surface area is 144 Å². The van der Waals surface area contributed by atoms with Crippen molar-refractivity contribution in [3.63, 3.8) is 0 Å². The van der Waals surface area contributed by atoms with Crippen LogP contribution < -0.4 is 4.90 Å². The Morgan fingerprint density at radius 2 is 2.00 bits per heavy atom. The summed E-state index contributed by atoms with van der Waals surface area (Å²) in [6.45, 7) is 3.31. The molecular formula is C18H18ClN3S. The first-order valence-corrected chi connectivity index (χ1v) is 9.26. The van der Waals surface area contributed by atoms with Gasteiger partial charge in [0.2, 0.25) is 5.28 Å². The van der Waals surface area contributed by atoms with E-state index >= 15 is 0 Å². The normalized spacial score (nSPS) is 18.5. The second-order valence-corrected chi connectivity index (χ2v) is 7.25. The van der Waals surface area contributed by atoms with Crippen LogP contribution in [0.5, 0.6) is 0 Å². The third-order valence-electron chi connectivity index (χ3n) is 4.55. The summed E-state index contributed by atoms with van der Waals surface area (Å²) in [7, 11) is 0. The highest BCUT2D eigenvalue weighted by molar-refractivity contribution is 7.17. The van der Waals surface area contributed by atoms with Gasteiger partial charge in [-0.25, -0.2) is 4.98 Å². The number of hydrogen-bond acceptors (Lipinski definition) is 4. The molecule has 4 rings (SSSR count). The first-order valence-electron chi connectivity index (χ1n) is 8.01. The Morgan fingerprint density at radius 1 is 1.17 bits per heavy atom. The number of aromatic nitrogens is 2. The van der Waals surface area contributed by atoms with Gasteiger partial charge in [0.15, 0.2) is 0 Å². The first kappa shape index (κ1) is 14.9. The maximum absolute atomic E-state index is 6.20. The highest BCUT2D eigenvalue weighted by Gasteiger charge is 2.24. The summed E-state index contributed by atoms with van der Waals surface area (Å²) in [5.41, 5.74) is 2.41. The number of hydrogen-bond donors (Lipinski definition) is 0. The fraction of sp³-hybridized carbons (Fsp3) is 0.333. The van der Waals surface area contributed by atoms with Crippen molar-refractivity contribution in [3.05, 3.63) is 41.0 Å². The highest BCUT2D eigenvalue weighted by Crippen LogP contribution is 2.40. The zero-order valence-corrected chi connectivity index (χ0v) is 14.6. The standard InChI is InChI=1S/C18H18ClN3S/c1-12-7-5-6-10-22(12)16-15-14(13-8-3-2-4-9-13)11-23-17(15)21-18(19)20-16/h2-4,8-9,11-12H,5-7,10H2,1H3. The molecule has 1 aliphatic rings. The van der Waals surface area contributed by atoms with Crippen molar-refractivity contribution in [1.29, 1.82) is 0 Å². The van der Waals surface area contributed by atoms with E-state index in [2.05, 4.69) is 51.4 Å². The predicted molar refractivity (Wildman–Crippen MR) is 98.5 cm³/mol. The van der Waals surface area contributed by atoms with Crippen molar-refractivity contribution >= 4 is 39.0 Å². The van der Waals surface area contributed by atoms with Gasteiger partial charge in [0, 0.05) is 23.5 Å². The fourth-order valence-electron chi connectivity index (χ4n) is 3.35. The third kappa shape index (κ3) is 2.70. The Bertz CT molecular complexity index is 831. The second-order valence-electron chi connectivity index (χ2n) is 6.05. The number of halogens is 1. The minimum Gasteiger partial charge on any atom is -0.353 e. The second kappa shape index (κ2) is 6.10. The summed E-state index contributed by atoms with van der Waals surface area (Å²) in [5, 5.41) is 3.65. The molecule has 0 aliphatic carbocycles. The lowest BCUT2D eigenvalue weighted by atomic mass is 10.0. The predicted octanol–water partition coefficient (Wildman–Crippen LogP) is 5.39. The number of benzene rings is 1. The van der Waals surface area contributed by atoms with E-state index in [1.54, 1.807) is 11.3 Å². The highest BCUT2D eigenvalue weighted by atomic mass is 35.5. The third-order valence-corrected chi connectivity index (χ3v) is 5.59. The van der Waals surface area contributed by atoms with Crippen molar-refractivity contribution in [2.45, 2.75) is 32.2 Å². The summed E-state index contributed by atoms with van der Waals surface area (Å²) in [4.78, 5) is 12.4. The molecule has 0 spiro atoms. The average Bonchev–Trinajstić information content (AvgIpc) is 2.99. The van der Waals surface area contributed by atoms with Gasteiger partial charge in [-0.3, -0.25) is 0 Å². The molecule has 118 valence electrons. The zero-order valence-electron chi connectivity index (χ0n) is 13.0. The van der Waals surface area contributed by atoms with Crippen molar-refractivity contribution in [2.75, 3.05) is 11.4 Å². The summed E-state index contributed by atoms with van der Waals surface area (Å²) in [5.74, 6) is 0.993. The lowest BCUT2D eigenvalue weighted by molar-refractivity contribution is 0.482. The van der Waals surface area contributed by atoms with Crippen LogP contribution in [0.3, 0.4) is 0 Å². The van der Waals surface area contributed by atoms with Crippen molar-refractivity contribution < 1.29 is 0 Å². The van der Waals surface area contributed by atoms with Gasteiger partial charge >= 0.3 is 0 Å². The molecular weight excluding hydrogens is 326 g/mol. The summed E-state index contributed by atoms with van der Waals surface area (Å²) in [6, 6.07) is 10.9. The van der Waals surface area contributed by atoms with Crippen LogP contribution in [0, 0.1) is 0 Å². The SMILES string of the molecule is CC1CCCCN1c1nc(Cl)nc2scc(-c3ccccc3)c12. The number of thiophene rings is 1. The Kier molecular flexibility index (Phi) is 3.95. The molecule has 23 heavy (non-hydrogen) atoms. The van der Waals surface area contributed by atoms with E-state index in [1.165, 1.54) is 30.4 Å². The number of anilines is 1. The summed E-state index contributed by atoms with van der Waals surface area (Å²) < 4.78 is 0. The van der Waals surface area contributed by atoms with Crippen LogP contribution in [0.15, 0.2) is 35.7 Å². The number of rotatable bonds is 2. The van der Waals surface area contributed by atoms with Crippen LogP contribution in [0.1, 0.15) is 26.2 Å². The molecule has 0 amide bonds. The summed E-state index contributed by atoms with van der Waals surface area (Å²) >= 11 is 7.84.